The Morgan fingerprint density at radius 3 is 2.59 bits per heavy atom. The van der Waals surface area contributed by atoms with Gasteiger partial charge in [-0.15, -0.1) is 0 Å². The van der Waals surface area contributed by atoms with E-state index >= 15 is 0 Å². The zero-order valence-corrected chi connectivity index (χ0v) is 17.1. The van der Waals surface area contributed by atoms with Crippen LogP contribution in [-0.2, 0) is 9.47 Å². The molecule has 0 saturated carbocycles. The Hall–Kier alpha value is -1.63. The Balaban J connectivity index is 1.60. The molecule has 1 aromatic rings. The third-order valence-corrected chi connectivity index (χ3v) is 5.52. The molecule has 0 amide bonds. The highest BCUT2D eigenvalue weighted by Crippen LogP contribution is 2.21. The van der Waals surface area contributed by atoms with Crippen molar-refractivity contribution in [3.8, 4) is 0 Å². The summed E-state index contributed by atoms with van der Waals surface area (Å²) >= 11 is 0. The number of likely N-dealkylation sites (N-methyl/N-ethyl adjacent to an activating group) is 1. The second-order valence-corrected chi connectivity index (χ2v) is 7.72. The molecule has 3 rings (SSSR count). The summed E-state index contributed by atoms with van der Waals surface area (Å²) in [6.45, 7) is 6.21. The van der Waals surface area contributed by atoms with Gasteiger partial charge in [0.05, 0.1) is 18.8 Å². The lowest BCUT2D eigenvalue weighted by molar-refractivity contribution is -0.0817. The second kappa shape index (κ2) is 9.53. The van der Waals surface area contributed by atoms with Crippen LogP contribution in [0.25, 0.3) is 0 Å². The summed E-state index contributed by atoms with van der Waals surface area (Å²) in [7, 11) is 6.10. The number of aliphatic imine (C=N–C) groups is 1. The standard InChI is InChI=1S/C21H34N4O2/c1-16-7-9-17(10-8-16)18(24(3)4)14-23-21(22-2)25-11-13-27-20(15-25)19-6-5-12-26-19/h7-10,18-20H,5-6,11-15H2,1-4H3,(H,22,23). The van der Waals surface area contributed by atoms with Crippen LogP contribution in [0.4, 0.5) is 0 Å². The van der Waals surface area contributed by atoms with Crippen molar-refractivity contribution in [3.63, 3.8) is 0 Å². The van der Waals surface area contributed by atoms with E-state index < -0.39 is 0 Å². The van der Waals surface area contributed by atoms with E-state index in [9.17, 15) is 0 Å². The third kappa shape index (κ3) is 5.21. The average Bonchev–Trinajstić information content (AvgIpc) is 3.21. The highest BCUT2D eigenvalue weighted by Gasteiger charge is 2.32. The van der Waals surface area contributed by atoms with Crippen LogP contribution in [0.2, 0.25) is 0 Å². The first-order chi connectivity index (χ1) is 13.1. The number of morpholine rings is 1. The monoisotopic (exact) mass is 374 g/mol. The van der Waals surface area contributed by atoms with Gasteiger partial charge in [-0.2, -0.15) is 0 Å². The lowest BCUT2D eigenvalue weighted by Crippen LogP contribution is -2.54. The molecule has 2 saturated heterocycles. The molecular formula is C21H34N4O2. The van der Waals surface area contributed by atoms with E-state index in [2.05, 4.69) is 65.4 Å². The maximum atomic E-state index is 5.97. The van der Waals surface area contributed by atoms with Crippen molar-refractivity contribution in [1.29, 1.82) is 0 Å². The van der Waals surface area contributed by atoms with Gasteiger partial charge in [0.15, 0.2) is 5.96 Å². The van der Waals surface area contributed by atoms with Crippen molar-refractivity contribution in [2.24, 2.45) is 4.99 Å². The molecule has 6 nitrogen and oxygen atoms in total. The summed E-state index contributed by atoms with van der Waals surface area (Å²) in [5.41, 5.74) is 2.60. The van der Waals surface area contributed by atoms with Gasteiger partial charge in [-0.1, -0.05) is 29.8 Å². The Labute approximate surface area is 163 Å². The third-order valence-electron chi connectivity index (χ3n) is 5.52. The fourth-order valence-electron chi connectivity index (χ4n) is 3.90. The van der Waals surface area contributed by atoms with E-state index in [4.69, 9.17) is 9.47 Å². The summed E-state index contributed by atoms with van der Waals surface area (Å²) in [5, 5.41) is 3.58. The molecule has 1 N–H and O–H groups in total. The van der Waals surface area contributed by atoms with E-state index in [1.165, 1.54) is 11.1 Å². The van der Waals surface area contributed by atoms with Crippen LogP contribution in [0, 0.1) is 6.92 Å². The Morgan fingerprint density at radius 1 is 1.22 bits per heavy atom. The number of ether oxygens (including phenoxy) is 2. The highest BCUT2D eigenvalue weighted by molar-refractivity contribution is 5.80. The molecule has 2 heterocycles. The van der Waals surface area contributed by atoms with Gasteiger partial charge in [0.2, 0.25) is 0 Å². The van der Waals surface area contributed by atoms with Crippen LogP contribution in [0.15, 0.2) is 29.3 Å². The van der Waals surface area contributed by atoms with Crippen molar-refractivity contribution in [2.75, 3.05) is 54.0 Å². The molecule has 0 radical (unpaired) electrons. The molecule has 3 unspecified atom stereocenters. The lowest BCUT2D eigenvalue weighted by Gasteiger charge is -2.37. The smallest absolute Gasteiger partial charge is 0.193 e. The topological polar surface area (TPSA) is 49.3 Å². The Morgan fingerprint density at radius 2 is 1.96 bits per heavy atom. The molecule has 0 bridgehead atoms. The van der Waals surface area contributed by atoms with Crippen molar-refractivity contribution in [2.45, 2.75) is 38.0 Å². The summed E-state index contributed by atoms with van der Waals surface area (Å²) in [6, 6.07) is 9.07. The summed E-state index contributed by atoms with van der Waals surface area (Å²) in [4.78, 5) is 9.08. The maximum Gasteiger partial charge on any atom is 0.193 e. The van der Waals surface area contributed by atoms with Crippen molar-refractivity contribution >= 4 is 5.96 Å². The minimum atomic E-state index is 0.140. The molecule has 2 aliphatic heterocycles. The van der Waals surface area contributed by atoms with Gasteiger partial charge in [0.25, 0.3) is 0 Å². The van der Waals surface area contributed by atoms with Crippen molar-refractivity contribution in [1.82, 2.24) is 15.1 Å². The second-order valence-electron chi connectivity index (χ2n) is 7.72. The molecule has 0 aliphatic carbocycles. The number of aryl methyl sites for hydroxylation is 1. The quantitative estimate of drug-likeness (QED) is 0.631. The van der Waals surface area contributed by atoms with Gasteiger partial charge < -0.3 is 24.6 Å². The van der Waals surface area contributed by atoms with Gasteiger partial charge in [0.1, 0.15) is 6.10 Å². The molecule has 6 heteroatoms. The van der Waals surface area contributed by atoms with Gasteiger partial charge in [0, 0.05) is 33.3 Å². The average molecular weight is 375 g/mol. The van der Waals surface area contributed by atoms with Gasteiger partial charge in [-0.25, -0.2) is 0 Å². The van der Waals surface area contributed by atoms with E-state index in [1.807, 2.05) is 7.05 Å². The van der Waals surface area contributed by atoms with Gasteiger partial charge >= 0.3 is 0 Å². The highest BCUT2D eigenvalue weighted by atomic mass is 16.5. The molecule has 1 aromatic carbocycles. The first kappa shape index (κ1) is 20.1. The van der Waals surface area contributed by atoms with Crippen LogP contribution in [0.3, 0.4) is 0 Å². The minimum Gasteiger partial charge on any atom is -0.375 e. The molecule has 0 aromatic heterocycles. The maximum absolute atomic E-state index is 5.97. The van der Waals surface area contributed by atoms with Gasteiger partial charge in [-0.3, -0.25) is 4.99 Å². The molecule has 0 spiro atoms. The number of nitrogens with one attached hydrogen (secondary N) is 1. The fourth-order valence-corrected chi connectivity index (χ4v) is 3.90. The van der Waals surface area contributed by atoms with Crippen LogP contribution >= 0.6 is 0 Å². The zero-order valence-electron chi connectivity index (χ0n) is 17.1. The van der Waals surface area contributed by atoms with Crippen LogP contribution in [-0.4, -0.2) is 82.0 Å². The predicted molar refractivity (Wildman–Crippen MR) is 109 cm³/mol. The van der Waals surface area contributed by atoms with Crippen LogP contribution < -0.4 is 5.32 Å². The minimum absolute atomic E-state index is 0.140. The van der Waals surface area contributed by atoms with E-state index in [0.29, 0.717) is 0 Å². The van der Waals surface area contributed by atoms with Gasteiger partial charge in [-0.05, 0) is 39.4 Å². The van der Waals surface area contributed by atoms with Crippen LogP contribution in [0.1, 0.15) is 30.0 Å². The lowest BCUT2D eigenvalue weighted by atomic mass is 10.0. The fraction of sp³-hybridized carbons (Fsp3) is 0.667. The van der Waals surface area contributed by atoms with E-state index in [1.54, 1.807) is 0 Å². The largest absolute Gasteiger partial charge is 0.375 e. The number of hydrogen-bond donors (Lipinski definition) is 1. The van der Waals surface area contributed by atoms with Crippen LogP contribution in [0.5, 0.6) is 0 Å². The molecule has 2 fully saturated rings. The number of benzene rings is 1. The van der Waals surface area contributed by atoms with E-state index in [-0.39, 0.29) is 18.2 Å². The predicted octanol–water partition coefficient (Wildman–Crippen LogP) is 2.05. The van der Waals surface area contributed by atoms with Crippen molar-refractivity contribution < 1.29 is 9.47 Å². The summed E-state index contributed by atoms with van der Waals surface area (Å²) in [6.07, 6.45) is 2.61. The van der Waals surface area contributed by atoms with Crippen molar-refractivity contribution in [3.05, 3.63) is 35.4 Å². The number of hydrogen-bond acceptors (Lipinski definition) is 4. The SMILES string of the molecule is CN=C(NCC(c1ccc(C)cc1)N(C)C)N1CCOC(C2CCCO2)C1. The first-order valence-corrected chi connectivity index (χ1v) is 10.00. The molecule has 27 heavy (non-hydrogen) atoms. The molecule has 3 atom stereocenters. The first-order valence-electron chi connectivity index (χ1n) is 10.00. The molecule has 150 valence electrons. The Kier molecular flexibility index (Phi) is 7.10. The number of rotatable bonds is 5. The van der Waals surface area contributed by atoms with E-state index in [0.717, 1.165) is 51.6 Å². The summed E-state index contributed by atoms with van der Waals surface area (Å²) in [5.74, 6) is 0.945. The Bertz CT molecular complexity index is 611. The number of guanidine groups is 1. The number of nitrogens with zero attached hydrogens (tertiary/aromatic N) is 3. The summed E-state index contributed by atoms with van der Waals surface area (Å²) < 4.78 is 11.8. The molecular weight excluding hydrogens is 340 g/mol. The zero-order chi connectivity index (χ0) is 19.2. The molecule has 2 aliphatic rings. The normalized spacial score (nSPS) is 25.1.